The number of amides is 1. The van der Waals surface area contributed by atoms with E-state index in [1.165, 1.54) is 0 Å². The van der Waals surface area contributed by atoms with Crippen LogP contribution in [0.4, 0.5) is 5.69 Å². The Kier molecular flexibility index (Phi) is 5.87. The number of nitrogens with one attached hydrogen (secondary N) is 2. The van der Waals surface area contributed by atoms with E-state index in [-0.39, 0.29) is 5.91 Å². The summed E-state index contributed by atoms with van der Waals surface area (Å²) in [5.74, 6) is -0.0119. The lowest BCUT2D eigenvalue weighted by Gasteiger charge is -2.13. The Morgan fingerprint density at radius 2 is 2.20 bits per heavy atom. The lowest BCUT2D eigenvalue weighted by Crippen LogP contribution is -2.27. The van der Waals surface area contributed by atoms with Crippen molar-refractivity contribution < 1.29 is 9.53 Å². The van der Waals surface area contributed by atoms with Crippen LogP contribution in [0.1, 0.15) is 43.0 Å². The van der Waals surface area contributed by atoms with E-state index in [9.17, 15) is 4.79 Å². The largest absolute Gasteiger partial charge is 0.384 e. The summed E-state index contributed by atoms with van der Waals surface area (Å²) in [6, 6.07) is 7.65. The Bertz CT molecular complexity index is 428. The fourth-order valence-electron chi connectivity index (χ4n) is 2.41. The van der Waals surface area contributed by atoms with E-state index in [2.05, 4.69) is 17.6 Å². The fourth-order valence-corrected chi connectivity index (χ4v) is 2.41. The molecular formula is C16H24N2O2. The first-order chi connectivity index (χ1) is 9.81. The molecule has 1 aromatic rings. The van der Waals surface area contributed by atoms with Gasteiger partial charge >= 0.3 is 0 Å². The molecule has 110 valence electrons. The number of para-hydroxylation sites is 1. The van der Waals surface area contributed by atoms with E-state index < -0.39 is 0 Å². The predicted octanol–water partition coefficient (Wildman–Crippen LogP) is 2.81. The Morgan fingerprint density at radius 1 is 1.35 bits per heavy atom. The third-order valence-electron chi connectivity index (χ3n) is 3.51. The molecule has 1 saturated heterocycles. The number of ether oxygens (including phenoxy) is 1. The van der Waals surface area contributed by atoms with Crippen molar-refractivity contribution in [1.82, 2.24) is 5.32 Å². The molecule has 0 aromatic heterocycles. The van der Waals surface area contributed by atoms with Crippen molar-refractivity contribution in [1.29, 1.82) is 0 Å². The van der Waals surface area contributed by atoms with Crippen LogP contribution in [0.3, 0.4) is 0 Å². The van der Waals surface area contributed by atoms with Crippen LogP contribution >= 0.6 is 0 Å². The summed E-state index contributed by atoms with van der Waals surface area (Å²) in [6.07, 6.45) is 4.52. The van der Waals surface area contributed by atoms with Gasteiger partial charge in [0.15, 0.2) is 0 Å². The Labute approximate surface area is 120 Å². The quantitative estimate of drug-likeness (QED) is 0.805. The molecule has 0 aliphatic carbocycles. The van der Waals surface area contributed by atoms with Crippen LogP contribution in [0, 0.1) is 0 Å². The second-order valence-electron chi connectivity index (χ2n) is 5.15. The zero-order chi connectivity index (χ0) is 14.2. The molecule has 0 radical (unpaired) electrons. The second kappa shape index (κ2) is 7.90. The first-order valence-electron chi connectivity index (χ1n) is 7.54. The summed E-state index contributed by atoms with van der Waals surface area (Å²) in [4.78, 5) is 12.2. The van der Waals surface area contributed by atoms with Crippen molar-refractivity contribution in [3.63, 3.8) is 0 Å². The SMILES string of the molecule is CCCNc1ccccc1C(=O)NCCC1CCCO1. The normalized spacial score (nSPS) is 17.9. The number of anilines is 1. The van der Waals surface area contributed by atoms with Gasteiger partial charge in [0, 0.05) is 25.4 Å². The van der Waals surface area contributed by atoms with Crippen molar-refractivity contribution in [3.05, 3.63) is 29.8 Å². The summed E-state index contributed by atoms with van der Waals surface area (Å²) in [6.45, 7) is 4.52. The molecule has 20 heavy (non-hydrogen) atoms. The molecule has 1 aliphatic heterocycles. The zero-order valence-corrected chi connectivity index (χ0v) is 12.2. The maximum absolute atomic E-state index is 12.2. The predicted molar refractivity (Wildman–Crippen MR) is 81.1 cm³/mol. The van der Waals surface area contributed by atoms with Crippen LogP contribution < -0.4 is 10.6 Å². The molecule has 0 spiro atoms. The van der Waals surface area contributed by atoms with Crippen molar-refractivity contribution in [2.45, 2.75) is 38.7 Å². The summed E-state index contributed by atoms with van der Waals surface area (Å²) in [7, 11) is 0. The second-order valence-corrected chi connectivity index (χ2v) is 5.15. The van der Waals surface area contributed by atoms with Gasteiger partial charge in [-0.25, -0.2) is 0 Å². The molecule has 1 atom stereocenters. The van der Waals surface area contributed by atoms with Gasteiger partial charge in [-0.15, -0.1) is 0 Å². The molecule has 1 unspecified atom stereocenters. The molecule has 2 N–H and O–H groups in total. The van der Waals surface area contributed by atoms with Gasteiger partial charge in [-0.2, -0.15) is 0 Å². The van der Waals surface area contributed by atoms with Gasteiger partial charge in [0.25, 0.3) is 5.91 Å². The van der Waals surface area contributed by atoms with Gasteiger partial charge in [-0.05, 0) is 37.8 Å². The maximum atomic E-state index is 12.2. The lowest BCUT2D eigenvalue weighted by molar-refractivity contribution is 0.0908. The average molecular weight is 276 g/mol. The minimum atomic E-state index is -0.0119. The Hall–Kier alpha value is -1.55. The highest BCUT2D eigenvalue weighted by molar-refractivity contribution is 5.99. The lowest BCUT2D eigenvalue weighted by atomic mass is 10.1. The van der Waals surface area contributed by atoms with Crippen molar-refractivity contribution >= 4 is 11.6 Å². The standard InChI is InChI=1S/C16H24N2O2/c1-2-10-17-15-8-4-3-7-14(15)16(19)18-11-9-13-6-5-12-20-13/h3-4,7-8,13,17H,2,5-6,9-12H2,1H3,(H,18,19). The Balaban J connectivity index is 1.84. The molecule has 1 aromatic carbocycles. The zero-order valence-electron chi connectivity index (χ0n) is 12.2. The van der Waals surface area contributed by atoms with E-state index in [1.54, 1.807) is 0 Å². The smallest absolute Gasteiger partial charge is 0.253 e. The summed E-state index contributed by atoms with van der Waals surface area (Å²) in [5, 5.41) is 6.27. The Morgan fingerprint density at radius 3 is 2.95 bits per heavy atom. The number of carbonyl (C=O) groups is 1. The first-order valence-corrected chi connectivity index (χ1v) is 7.54. The number of hydrogen-bond acceptors (Lipinski definition) is 3. The monoisotopic (exact) mass is 276 g/mol. The van der Waals surface area contributed by atoms with Crippen LogP contribution in [0.25, 0.3) is 0 Å². The van der Waals surface area contributed by atoms with Gasteiger partial charge in [0.05, 0.1) is 11.7 Å². The van der Waals surface area contributed by atoms with E-state index in [0.29, 0.717) is 18.2 Å². The number of rotatable bonds is 7. The molecule has 0 saturated carbocycles. The van der Waals surface area contributed by atoms with Crippen molar-refractivity contribution in [3.8, 4) is 0 Å². The highest BCUT2D eigenvalue weighted by Gasteiger charge is 2.16. The highest BCUT2D eigenvalue weighted by Crippen LogP contribution is 2.16. The summed E-state index contributed by atoms with van der Waals surface area (Å²) in [5.41, 5.74) is 1.62. The van der Waals surface area contributed by atoms with E-state index in [0.717, 1.165) is 44.5 Å². The van der Waals surface area contributed by atoms with Gasteiger partial charge in [-0.1, -0.05) is 19.1 Å². The molecule has 1 aliphatic rings. The third-order valence-corrected chi connectivity index (χ3v) is 3.51. The van der Waals surface area contributed by atoms with Gasteiger partial charge in [0.2, 0.25) is 0 Å². The first kappa shape index (κ1) is 14.9. The maximum Gasteiger partial charge on any atom is 0.253 e. The molecule has 2 rings (SSSR count). The molecule has 0 bridgehead atoms. The van der Waals surface area contributed by atoms with E-state index in [4.69, 9.17) is 4.74 Å². The van der Waals surface area contributed by atoms with E-state index in [1.807, 2.05) is 24.3 Å². The minimum Gasteiger partial charge on any atom is -0.384 e. The topological polar surface area (TPSA) is 50.4 Å². The van der Waals surface area contributed by atoms with Crippen molar-refractivity contribution in [2.24, 2.45) is 0 Å². The number of benzene rings is 1. The molecular weight excluding hydrogens is 252 g/mol. The molecule has 1 heterocycles. The van der Waals surface area contributed by atoms with Gasteiger partial charge in [-0.3, -0.25) is 4.79 Å². The number of hydrogen-bond donors (Lipinski definition) is 2. The number of carbonyl (C=O) groups excluding carboxylic acids is 1. The summed E-state index contributed by atoms with van der Waals surface area (Å²) >= 11 is 0. The van der Waals surface area contributed by atoms with Crippen LogP contribution in [-0.4, -0.2) is 31.7 Å². The molecule has 4 heteroatoms. The fraction of sp³-hybridized carbons (Fsp3) is 0.562. The van der Waals surface area contributed by atoms with Crippen molar-refractivity contribution in [2.75, 3.05) is 25.0 Å². The van der Waals surface area contributed by atoms with E-state index >= 15 is 0 Å². The van der Waals surface area contributed by atoms with Gasteiger partial charge in [0.1, 0.15) is 0 Å². The minimum absolute atomic E-state index is 0.0119. The third kappa shape index (κ3) is 4.23. The van der Waals surface area contributed by atoms with Crippen LogP contribution in [-0.2, 0) is 4.74 Å². The van der Waals surface area contributed by atoms with Gasteiger partial charge < -0.3 is 15.4 Å². The summed E-state index contributed by atoms with van der Waals surface area (Å²) < 4.78 is 5.55. The molecule has 4 nitrogen and oxygen atoms in total. The molecule has 1 amide bonds. The molecule has 1 fully saturated rings. The highest BCUT2D eigenvalue weighted by atomic mass is 16.5. The van der Waals surface area contributed by atoms with Crippen LogP contribution in [0.15, 0.2) is 24.3 Å². The average Bonchev–Trinajstić information content (AvgIpc) is 2.98. The van der Waals surface area contributed by atoms with Crippen LogP contribution in [0.2, 0.25) is 0 Å². The van der Waals surface area contributed by atoms with Crippen LogP contribution in [0.5, 0.6) is 0 Å².